The van der Waals surface area contributed by atoms with Crippen LogP contribution >= 0.6 is 23.2 Å². The van der Waals surface area contributed by atoms with Crippen LogP contribution in [0, 0.1) is 5.82 Å². The van der Waals surface area contributed by atoms with Crippen LogP contribution in [0.25, 0.3) is 22.3 Å². The first kappa shape index (κ1) is 21.4. The standard InChI is InChI=1S/C24H23Cl2FN4O/c1-14(22-19(25)7-8-20(27)23(22)26)30-11-10-15-2-9-21(29-24(15)30)16-12-28-31(13-16)17-3-5-18(32)6-4-17/h2,7-14,17-18,32H,3-6H2,1H3/t14-,17?,18?/m1/s1. The molecule has 0 saturated heterocycles. The van der Waals surface area contributed by atoms with Crippen LogP contribution < -0.4 is 0 Å². The van der Waals surface area contributed by atoms with Crippen molar-refractivity contribution in [3.8, 4) is 11.3 Å². The highest BCUT2D eigenvalue weighted by Crippen LogP contribution is 2.36. The highest BCUT2D eigenvalue weighted by atomic mass is 35.5. The van der Waals surface area contributed by atoms with Crippen LogP contribution in [0.1, 0.15) is 50.3 Å². The van der Waals surface area contributed by atoms with E-state index in [0.29, 0.717) is 16.6 Å². The zero-order valence-electron chi connectivity index (χ0n) is 17.5. The molecule has 1 aliphatic rings. The number of hydrogen-bond acceptors (Lipinski definition) is 3. The summed E-state index contributed by atoms with van der Waals surface area (Å²) in [6, 6.07) is 8.77. The molecular formula is C24H23Cl2FN4O. The fourth-order valence-electron chi connectivity index (χ4n) is 4.56. The van der Waals surface area contributed by atoms with Gasteiger partial charge in [-0.05, 0) is 62.9 Å². The molecule has 3 aromatic heterocycles. The van der Waals surface area contributed by atoms with Crippen LogP contribution in [-0.2, 0) is 0 Å². The lowest BCUT2D eigenvalue weighted by Gasteiger charge is -2.25. The van der Waals surface area contributed by atoms with Crippen LogP contribution in [0.2, 0.25) is 10.0 Å². The van der Waals surface area contributed by atoms with E-state index >= 15 is 0 Å². The maximum atomic E-state index is 14.1. The highest BCUT2D eigenvalue weighted by Gasteiger charge is 2.23. The molecule has 0 spiro atoms. The minimum absolute atomic E-state index is 0.0295. The second-order valence-corrected chi connectivity index (χ2v) is 9.22. The van der Waals surface area contributed by atoms with E-state index in [9.17, 15) is 9.50 Å². The predicted molar refractivity (Wildman–Crippen MR) is 125 cm³/mol. The van der Waals surface area contributed by atoms with Gasteiger partial charge in [-0.3, -0.25) is 4.68 Å². The van der Waals surface area contributed by atoms with Crippen LogP contribution in [0.4, 0.5) is 4.39 Å². The van der Waals surface area contributed by atoms with E-state index in [0.717, 1.165) is 48.0 Å². The molecule has 0 amide bonds. The number of pyridine rings is 1. The third-order valence-electron chi connectivity index (χ3n) is 6.42. The molecule has 1 atom stereocenters. The third kappa shape index (κ3) is 3.81. The first-order valence-corrected chi connectivity index (χ1v) is 11.5. The molecule has 0 bridgehead atoms. The SMILES string of the molecule is C[C@H](c1c(Cl)ccc(F)c1Cl)n1ccc2ccc(-c3cnn(C4CCC(O)CC4)c3)nc21. The largest absolute Gasteiger partial charge is 0.393 e. The van der Waals surface area contributed by atoms with Crippen molar-refractivity contribution in [3.63, 3.8) is 0 Å². The molecule has 4 aromatic rings. The Hall–Kier alpha value is -2.41. The minimum atomic E-state index is -0.495. The molecule has 32 heavy (non-hydrogen) atoms. The zero-order chi connectivity index (χ0) is 22.4. The summed E-state index contributed by atoms with van der Waals surface area (Å²) in [7, 11) is 0. The highest BCUT2D eigenvalue weighted by molar-refractivity contribution is 6.36. The van der Waals surface area contributed by atoms with Gasteiger partial charge < -0.3 is 9.67 Å². The topological polar surface area (TPSA) is 55.9 Å². The Bertz CT molecular complexity index is 1280. The summed E-state index contributed by atoms with van der Waals surface area (Å²) in [5.74, 6) is -0.495. The summed E-state index contributed by atoms with van der Waals surface area (Å²) >= 11 is 12.6. The molecule has 166 valence electrons. The Morgan fingerprint density at radius 3 is 2.66 bits per heavy atom. The number of fused-ring (bicyclic) bond motifs is 1. The van der Waals surface area contributed by atoms with Gasteiger partial charge >= 0.3 is 0 Å². The summed E-state index contributed by atoms with van der Waals surface area (Å²) in [5, 5.41) is 15.7. The normalized spacial score (nSPS) is 20.0. The van der Waals surface area contributed by atoms with Crippen molar-refractivity contribution in [1.82, 2.24) is 19.3 Å². The van der Waals surface area contributed by atoms with E-state index in [1.54, 1.807) is 0 Å². The van der Waals surface area contributed by atoms with Crippen LogP contribution in [0.5, 0.6) is 0 Å². The van der Waals surface area contributed by atoms with Crippen molar-refractivity contribution in [3.05, 3.63) is 70.3 Å². The van der Waals surface area contributed by atoms with Gasteiger partial charge in [0.25, 0.3) is 0 Å². The Labute approximate surface area is 195 Å². The molecule has 5 nitrogen and oxygen atoms in total. The summed E-state index contributed by atoms with van der Waals surface area (Å²) in [4.78, 5) is 4.89. The van der Waals surface area contributed by atoms with Crippen molar-refractivity contribution in [2.75, 3.05) is 0 Å². The predicted octanol–water partition coefficient (Wildman–Crippen LogP) is 6.43. The van der Waals surface area contributed by atoms with E-state index in [1.165, 1.54) is 12.1 Å². The third-order valence-corrected chi connectivity index (χ3v) is 7.13. The Morgan fingerprint density at radius 1 is 1.09 bits per heavy atom. The maximum absolute atomic E-state index is 14.1. The molecule has 0 unspecified atom stereocenters. The number of aliphatic hydroxyl groups is 1. The number of nitrogens with zero attached hydrogens (tertiary/aromatic N) is 4. The molecule has 1 fully saturated rings. The number of hydrogen-bond donors (Lipinski definition) is 1. The smallest absolute Gasteiger partial charge is 0.142 e. The Kier molecular flexibility index (Phi) is 5.70. The second-order valence-electron chi connectivity index (χ2n) is 8.44. The number of aromatic nitrogens is 4. The van der Waals surface area contributed by atoms with E-state index < -0.39 is 5.82 Å². The first-order chi connectivity index (χ1) is 15.4. The molecule has 1 aliphatic carbocycles. The van der Waals surface area contributed by atoms with Gasteiger partial charge in [0, 0.05) is 33.9 Å². The molecule has 0 radical (unpaired) electrons. The van der Waals surface area contributed by atoms with Crippen molar-refractivity contribution >= 4 is 34.2 Å². The minimum Gasteiger partial charge on any atom is -0.393 e. The number of rotatable bonds is 4. The van der Waals surface area contributed by atoms with Gasteiger partial charge in [-0.15, -0.1) is 0 Å². The van der Waals surface area contributed by atoms with Gasteiger partial charge in [0.15, 0.2) is 0 Å². The van der Waals surface area contributed by atoms with E-state index in [2.05, 4.69) is 5.10 Å². The molecule has 1 saturated carbocycles. The molecule has 8 heteroatoms. The lowest BCUT2D eigenvalue weighted by atomic mass is 9.93. The average molecular weight is 473 g/mol. The molecule has 1 aromatic carbocycles. The van der Waals surface area contributed by atoms with Gasteiger partial charge in [-0.25, -0.2) is 9.37 Å². The summed E-state index contributed by atoms with van der Waals surface area (Å²) in [5.41, 5.74) is 3.04. The lowest BCUT2D eigenvalue weighted by molar-refractivity contribution is 0.108. The van der Waals surface area contributed by atoms with Crippen molar-refractivity contribution < 1.29 is 9.50 Å². The average Bonchev–Trinajstić information content (AvgIpc) is 3.44. The van der Waals surface area contributed by atoms with Gasteiger partial charge in [0.1, 0.15) is 11.5 Å². The molecule has 5 rings (SSSR count). The quantitative estimate of drug-likeness (QED) is 0.348. The van der Waals surface area contributed by atoms with Gasteiger partial charge in [0.2, 0.25) is 0 Å². The number of halogens is 3. The van der Waals surface area contributed by atoms with Crippen molar-refractivity contribution in [2.24, 2.45) is 0 Å². The van der Waals surface area contributed by atoms with Crippen molar-refractivity contribution in [2.45, 2.75) is 50.8 Å². The van der Waals surface area contributed by atoms with Gasteiger partial charge in [-0.2, -0.15) is 5.10 Å². The van der Waals surface area contributed by atoms with Crippen LogP contribution in [0.15, 0.2) is 48.9 Å². The van der Waals surface area contributed by atoms with Gasteiger partial charge in [0.05, 0.1) is 35.1 Å². The summed E-state index contributed by atoms with van der Waals surface area (Å²) in [6.07, 6.45) is 9.03. The summed E-state index contributed by atoms with van der Waals surface area (Å²) in [6.45, 7) is 1.93. The van der Waals surface area contributed by atoms with E-state index in [-0.39, 0.29) is 17.2 Å². The fraction of sp³-hybridized carbons (Fsp3) is 0.333. The Balaban J connectivity index is 1.49. The monoisotopic (exact) mass is 472 g/mol. The lowest BCUT2D eigenvalue weighted by Crippen LogP contribution is -2.21. The molecule has 3 heterocycles. The summed E-state index contributed by atoms with van der Waals surface area (Å²) < 4.78 is 18.0. The van der Waals surface area contributed by atoms with Crippen molar-refractivity contribution in [1.29, 1.82) is 0 Å². The number of aliphatic hydroxyl groups excluding tert-OH is 1. The molecule has 1 N–H and O–H groups in total. The van der Waals surface area contributed by atoms with E-state index in [1.807, 2.05) is 53.0 Å². The van der Waals surface area contributed by atoms with Gasteiger partial charge in [-0.1, -0.05) is 23.2 Å². The first-order valence-electron chi connectivity index (χ1n) is 10.8. The fourth-order valence-corrected chi connectivity index (χ4v) is 5.24. The maximum Gasteiger partial charge on any atom is 0.142 e. The van der Waals surface area contributed by atoms with Crippen LogP contribution in [-0.4, -0.2) is 30.5 Å². The van der Waals surface area contributed by atoms with E-state index in [4.69, 9.17) is 28.2 Å². The Morgan fingerprint density at radius 2 is 1.88 bits per heavy atom. The molecular weight excluding hydrogens is 450 g/mol. The van der Waals surface area contributed by atoms with Crippen LogP contribution in [0.3, 0.4) is 0 Å². The number of benzene rings is 1. The second kappa shape index (κ2) is 8.50. The zero-order valence-corrected chi connectivity index (χ0v) is 19.1. The molecule has 0 aliphatic heterocycles.